The third kappa shape index (κ3) is 4.56. The topological polar surface area (TPSA) is 75.0 Å². The molecule has 0 saturated carbocycles. The van der Waals surface area contributed by atoms with E-state index in [0.29, 0.717) is 49.9 Å². The number of aryl methyl sites for hydroxylation is 1. The van der Waals surface area contributed by atoms with Crippen LogP contribution < -0.4 is 19.8 Å². The van der Waals surface area contributed by atoms with Gasteiger partial charge in [0.1, 0.15) is 11.3 Å². The van der Waals surface area contributed by atoms with E-state index in [1.54, 1.807) is 67.8 Å². The third-order valence-electron chi connectivity index (χ3n) is 5.35. The van der Waals surface area contributed by atoms with E-state index in [9.17, 15) is 9.59 Å². The Morgan fingerprint density at radius 1 is 0.939 bits per heavy atom. The van der Waals surface area contributed by atoms with Gasteiger partial charge in [-0.3, -0.25) is 4.79 Å². The van der Waals surface area contributed by atoms with E-state index in [1.807, 2.05) is 6.92 Å². The van der Waals surface area contributed by atoms with Crippen LogP contribution in [-0.2, 0) is 0 Å². The molecule has 0 radical (unpaired) electrons. The van der Waals surface area contributed by atoms with Gasteiger partial charge in [0.15, 0.2) is 23.9 Å². The van der Waals surface area contributed by atoms with Crippen molar-refractivity contribution in [3.63, 3.8) is 0 Å². The van der Waals surface area contributed by atoms with Crippen molar-refractivity contribution < 1.29 is 23.4 Å². The Hall–Kier alpha value is -3.77. The molecule has 0 unspecified atom stereocenters. The highest BCUT2D eigenvalue weighted by molar-refractivity contribution is 6.30. The number of rotatable bonds is 7. The van der Waals surface area contributed by atoms with E-state index in [4.69, 9.17) is 30.2 Å². The molecule has 7 heteroatoms. The Balaban J connectivity index is 1.67. The van der Waals surface area contributed by atoms with Gasteiger partial charge >= 0.3 is 5.63 Å². The van der Waals surface area contributed by atoms with Crippen LogP contribution in [0.25, 0.3) is 22.1 Å². The van der Waals surface area contributed by atoms with Crippen molar-refractivity contribution in [1.29, 1.82) is 0 Å². The second-order valence-corrected chi connectivity index (χ2v) is 7.77. The Bertz CT molecular complexity index is 1390. The highest BCUT2D eigenvalue weighted by atomic mass is 35.5. The summed E-state index contributed by atoms with van der Waals surface area (Å²) in [7, 11) is 3.08. The molecule has 3 aromatic carbocycles. The first-order chi connectivity index (χ1) is 15.9. The van der Waals surface area contributed by atoms with Gasteiger partial charge in [-0.05, 0) is 72.6 Å². The fraction of sp³-hybridized carbons (Fsp3) is 0.154. The zero-order valence-electron chi connectivity index (χ0n) is 18.3. The van der Waals surface area contributed by atoms with Gasteiger partial charge < -0.3 is 18.6 Å². The maximum Gasteiger partial charge on any atom is 0.344 e. The predicted octanol–water partition coefficient (Wildman–Crippen LogP) is 5.70. The summed E-state index contributed by atoms with van der Waals surface area (Å²) in [6.07, 6.45) is 0. The lowest BCUT2D eigenvalue weighted by Gasteiger charge is -2.12. The molecule has 0 aliphatic rings. The number of ketones is 1. The van der Waals surface area contributed by atoms with Crippen LogP contribution in [0.2, 0.25) is 5.02 Å². The van der Waals surface area contributed by atoms with Crippen LogP contribution >= 0.6 is 11.6 Å². The van der Waals surface area contributed by atoms with Crippen LogP contribution in [0.4, 0.5) is 0 Å². The second-order valence-electron chi connectivity index (χ2n) is 7.34. The number of fused-ring (bicyclic) bond motifs is 1. The average molecular weight is 465 g/mol. The summed E-state index contributed by atoms with van der Waals surface area (Å²) in [6.45, 7) is 1.71. The average Bonchev–Trinajstić information content (AvgIpc) is 2.83. The summed E-state index contributed by atoms with van der Waals surface area (Å²) >= 11 is 5.87. The van der Waals surface area contributed by atoms with Gasteiger partial charge in [-0.1, -0.05) is 17.7 Å². The van der Waals surface area contributed by atoms with Crippen LogP contribution in [-0.4, -0.2) is 26.6 Å². The molecule has 0 bridgehead atoms. The number of ether oxygens (including phenoxy) is 3. The molecule has 6 nitrogen and oxygen atoms in total. The van der Waals surface area contributed by atoms with Gasteiger partial charge in [0.05, 0.1) is 19.8 Å². The highest BCUT2D eigenvalue weighted by Crippen LogP contribution is 2.34. The number of hydrogen-bond acceptors (Lipinski definition) is 6. The van der Waals surface area contributed by atoms with Crippen LogP contribution in [0.3, 0.4) is 0 Å². The van der Waals surface area contributed by atoms with Crippen molar-refractivity contribution in [2.24, 2.45) is 0 Å². The van der Waals surface area contributed by atoms with Crippen LogP contribution in [0.1, 0.15) is 15.9 Å². The number of carbonyl (C=O) groups excluding carboxylic acids is 1. The summed E-state index contributed by atoms with van der Waals surface area (Å²) in [5.41, 5.74) is 2.26. The lowest BCUT2D eigenvalue weighted by Crippen LogP contribution is -2.11. The van der Waals surface area contributed by atoms with Gasteiger partial charge in [-0.25, -0.2) is 4.79 Å². The molecule has 1 heterocycles. The van der Waals surface area contributed by atoms with Gasteiger partial charge in [0.2, 0.25) is 0 Å². The first kappa shape index (κ1) is 22.4. The minimum atomic E-state index is -0.459. The molecular weight excluding hydrogens is 444 g/mol. The van der Waals surface area contributed by atoms with Crippen LogP contribution in [0, 0.1) is 6.92 Å². The van der Waals surface area contributed by atoms with Crippen molar-refractivity contribution in [1.82, 2.24) is 0 Å². The van der Waals surface area contributed by atoms with E-state index >= 15 is 0 Å². The summed E-state index contributed by atoms with van der Waals surface area (Å²) in [4.78, 5) is 25.2. The predicted molar refractivity (Wildman–Crippen MR) is 127 cm³/mol. The molecule has 0 spiro atoms. The van der Waals surface area contributed by atoms with Gasteiger partial charge in [-0.2, -0.15) is 0 Å². The summed E-state index contributed by atoms with van der Waals surface area (Å²) in [5.74, 6) is 1.38. The van der Waals surface area contributed by atoms with E-state index < -0.39 is 5.63 Å². The fourth-order valence-electron chi connectivity index (χ4n) is 3.61. The molecule has 1 aromatic heterocycles. The molecule has 33 heavy (non-hydrogen) atoms. The minimum Gasteiger partial charge on any atom is -0.493 e. The number of carbonyl (C=O) groups is 1. The fourth-order valence-corrected chi connectivity index (χ4v) is 3.74. The van der Waals surface area contributed by atoms with Gasteiger partial charge in [-0.15, -0.1) is 0 Å². The number of Topliss-reactive ketones (excluding diaryl/α,β-unsaturated/α-hetero) is 1. The maximum atomic E-state index is 12.8. The van der Waals surface area contributed by atoms with Crippen molar-refractivity contribution >= 4 is 28.4 Å². The van der Waals surface area contributed by atoms with E-state index in [-0.39, 0.29) is 12.4 Å². The van der Waals surface area contributed by atoms with Gasteiger partial charge in [0, 0.05) is 16.0 Å². The van der Waals surface area contributed by atoms with E-state index in [0.717, 1.165) is 5.56 Å². The quantitative estimate of drug-likeness (QED) is 0.258. The third-order valence-corrected chi connectivity index (χ3v) is 5.60. The Morgan fingerprint density at radius 3 is 2.36 bits per heavy atom. The molecule has 0 fully saturated rings. The monoisotopic (exact) mass is 464 g/mol. The molecule has 0 atom stereocenters. The number of methoxy groups -OCH3 is 2. The first-order valence-corrected chi connectivity index (χ1v) is 10.5. The second kappa shape index (κ2) is 9.38. The largest absolute Gasteiger partial charge is 0.493 e. The first-order valence-electron chi connectivity index (χ1n) is 10.1. The van der Waals surface area contributed by atoms with Gasteiger partial charge in [0.25, 0.3) is 0 Å². The number of hydrogen-bond donors (Lipinski definition) is 0. The lowest BCUT2D eigenvalue weighted by molar-refractivity contribution is 0.0921. The smallest absolute Gasteiger partial charge is 0.344 e. The normalized spacial score (nSPS) is 10.8. The Kier molecular flexibility index (Phi) is 6.38. The van der Waals surface area contributed by atoms with Crippen LogP contribution in [0.15, 0.2) is 69.9 Å². The lowest BCUT2D eigenvalue weighted by atomic mass is 9.99. The zero-order chi connectivity index (χ0) is 23.5. The number of benzene rings is 3. The molecule has 0 N–H and O–H groups in total. The van der Waals surface area contributed by atoms with E-state index in [2.05, 4.69) is 0 Å². The minimum absolute atomic E-state index is 0.133. The van der Waals surface area contributed by atoms with Crippen molar-refractivity contribution in [2.75, 3.05) is 20.8 Å². The molecule has 4 aromatic rings. The van der Waals surface area contributed by atoms with Crippen molar-refractivity contribution in [3.05, 3.63) is 87.2 Å². The summed E-state index contributed by atoms with van der Waals surface area (Å²) in [5, 5.41) is 1.26. The summed E-state index contributed by atoms with van der Waals surface area (Å²) < 4.78 is 21.9. The van der Waals surface area contributed by atoms with Crippen LogP contribution in [0.5, 0.6) is 17.2 Å². The SMILES string of the molecule is COc1ccc(-c2c(C)c3cc(OCC(=O)c4ccc(Cl)cc4)ccc3oc2=O)cc1OC. The molecule has 0 aliphatic carbocycles. The molecule has 0 saturated heterocycles. The zero-order valence-corrected chi connectivity index (χ0v) is 19.1. The molecular formula is C26H21ClO6. The standard InChI is InChI=1S/C26H21ClO6/c1-15-20-13-19(32-14-21(28)16-4-7-18(27)8-5-16)9-11-22(20)33-26(29)25(15)17-6-10-23(30-2)24(12-17)31-3/h4-13H,14H2,1-3H3. The van der Waals surface area contributed by atoms with Crippen molar-refractivity contribution in [3.8, 4) is 28.4 Å². The Morgan fingerprint density at radius 2 is 1.67 bits per heavy atom. The molecule has 0 aliphatic heterocycles. The number of halogens is 1. The van der Waals surface area contributed by atoms with E-state index in [1.165, 1.54) is 7.11 Å². The molecule has 168 valence electrons. The van der Waals surface area contributed by atoms with Crippen molar-refractivity contribution in [2.45, 2.75) is 6.92 Å². The molecule has 0 amide bonds. The Labute approximate surface area is 195 Å². The molecule has 4 rings (SSSR count). The maximum absolute atomic E-state index is 12.8. The highest BCUT2D eigenvalue weighted by Gasteiger charge is 2.16. The summed E-state index contributed by atoms with van der Waals surface area (Å²) in [6, 6.07) is 16.9.